The second-order valence-electron chi connectivity index (χ2n) is 7.08. The van der Waals surface area contributed by atoms with Gasteiger partial charge in [-0.1, -0.05) is 24.3 Å². The molecule has 0 fully saturated rings. The number of nitrogens with zero attached hydrogens (tertiary/aromatic N) is 3. The Hall–Kier alpha value is -2.50. The van der Waals surface area contributed by atoms with Gasteiger partial charge >= 0.3 is 0 Å². The lowest BCUT2D eigenvalue weighted by Crippen LogP contribution is -2.32. The van der Waals surface area contributed by atoms with E-state index in [0.29, 0.717) is 13.1 Å². The predicted octanol–water partition coefficient (Wildman–Crippen LogP) is 4.19. The van der Waals surface area contributed by atoms with Gasteiger partial charge in [0.25, 0.3) is 0 Å². The minimum absolute atomic E-state index is 0.0967. The summed E-state index contributed by atoms with van der Waals surface area (Å²) < 4.78 is 15.6. The van der Waals surface area contributed by atoms with Gasteiger partial charge in [0, 0.05) is 36.5 Å². The summed E-state index contributed by atoms with van der Waals surface area (Å²) in [4.78, 5) is 2.18. The Morgan fingerprint density at radius 1 is 1.15 bits per heavy atom. The molecule has 1 N–H and O–H groups in total. The van der Waals surface area contributed by atoms with Crippen molar-refractivity contribution in [3.8, 4) is 16.9 Å². The first-order chi connectivity index (χ1) is 13.0. The van der Waals surface area contributed by atoms with Gasteiger partial charge in [-0.2, -0.15) is 5.10 Å². The Kier molecular flexibility index (Phi) is 6.04. The second kappa shape index (κ2) is 8.46. The number of aliphatic hydroxyl groups excluding tert-OH is 1. The van der Waals surface area contributed by atoms with Crippen molar-refractivity contribution >= 4 is 0 Å². The Morgan fingerprint density at radius 3 is 2.59 bits per heavy atom. The van der Waals surface area contributed by atoms with Crippen LogP contribution < -0.4 is 0 Å². The molecule has 0 aliphatic carbocycles. The summed E-state index contributed by atoms with van der Waals surface area (Å²) >= 11 is 0. The maximum atomic E-state index is 13.8. The number of rotatable bonds is 7. The first-order valence-corrected chi connectivity index (χ1v) is 9.24. The highest BCUT2D eigenvalue weighted by Crippen LogP contribution is 2.26. The Bertz CT molecular complexity index is 904. The van der Waals surface area contributed by atoms with Crippen molar-refractivity contribution in [3.63, 3.8) is 0 Å². The quantitative estimate of drug-likeness (QED) is 0.681. The Balaban J connectivity index is 2.06. The minimum atomic E-state index is -0.278. The number of hydrogen-bond acceptors (Lipinski definition) is 3. The van der Waals surface area contributed by atoms with Crippen LogP contribution in [0.4, 0.5) is 4.39 Å². The number of aryl methyl sites for hydroxylation is 1. The van der Waals surface area contributed by atoms with Crippen molar-refractivity contribution in [3.05, 3.63) is 71.7 Å². The van der Waals surface area contributed by atoms with E-state index in [-0.39, 0.29) is 18.5 Å². The summed E-state index contributed by atoms with van der Waals surface area (Å²) in [6.45, 7) is 7.55. The highest BCUT2D eigenvalue weighted by molar-refractivity contribution is 5.63. The number of halogens is 1. The fourth-order valence-electron chi connectivity index (χ4n) is 3.17. The van der Waals surface area contributed by atoms with Crippen molar-refractivity contribution in [1.82, 2.24) is 14.7 Å². The van der Waals surface area contributed by atoms with Crippen LogP contribution in [0.1, 0.15) is 25.0 Å². The van der Waals surface area contributed by atoms with Gasteiger partial charge in [-0.3, -0.25) is 4.90 Å². The molecule has 0 unspecified atom stereocenters. The molecule has 0 bridgehead atoms. The molecule has 1 heterocycles. The van der Waals surface area contributed by atoms with E-state index in [1.165, 1.54) is 12.1 Å². The SMILES string of the molecule is Cc1cccc(-n2cc(CN(CCO)C(C)C)c(-c3cccc(F)c3)n2)c1. The maximum Gasteiger partial charge on any atom is 0.123 e. The molecule has 0 saturated carbocycles. The topological polar surface area (TPSA) is 41.3 Å². The molecule has 0 aliphatic heterocycles. The standard InChI is InChI=1S/C22H26FN3O/c1-16(2)25(10-11-27)14-19-15-26(21-9-4-6-17(3)12-21)24-22(19)18-7-5-8-20(23)13-18/h4-9,12-13,15-16,27H,10-11,14H2,1-3H3. The molecule has 2 aromatic carbocycles. The van der Waals surface area contributed by atoms with E-state index >= 15 is 0 Å². The molecule has 3 aromatic rings. The van der Waals surface area contributed by atoms with Crippen LogP contribution in [0.15, 0.2) is 54.7 Å². The summed E-state index contributed by atoms with van der Waals surface area (Å²) in [5.74, 6) is -0.278. The molecule has 0 spiro atoms. The van der Waals surface area contributed by atoms with Crippen LogP contribution in [-0.4, -0.2) is 39.0 Å². The fraction of sp³-hybridized carbons (Fsp3) is 0.318. The van der Waals surface area contributed by atoms with Crippen LogP contribution in [0.5, 0.6) is 0 Å². The van der Waals surface area contributed by atoms with Crippen molar-refractivity contribution in [1.29, 1.82) is 0 Å². The van der Waals surface area contributed by atoms with Gasteiger partial charge in [-0.25, -0.2) is 9.07 Å². The molecule has 0 radical (unpaired) electrons. The van der Waals surface area contributed by atoms with Gasteiger partial charge in [0.05, 0.1) is 18.0 Å². The summed E-state index contributed by atoms with van der Waals surface area (Å²) in [5.41, 5.74) is 4.64. The zero-order valence-corrected chi connectivity index (χ0v) is 16.1. The highest BCUT2D eigenvalue weighted by atomic mass is 19.1. The number of aromatic nitrogens is 2. The third kappa shape index (κ3) is 4.62. The lowest BCUT2D eigenvalue weighted by molar-refractivity contribution is 0.159. The van der Waals surface area contributed by atoms with Crippen LogP contribution in [-0.2, 0) is 6.54 Å². The van der Waals surface area contributed by atoms with E-state index in [9.17, 15) is 9.50 Å². The molecule has 1 aromatic heterocycles. The molecule has 0 aliphatic rings. The fourth-order valence-corrected chi connectivity index (χ4v) is 3.17. The van der Waals surface area contributed by atoms with Crippen molar-refractivity contribution in [2.45, 2.75) is 33.4 Å². The molecule has 142 valence electrons. The number of aliphatic hydroxyl groups is 1. The van der Waals surface area contributed by atoms with E-state index in [1.54, 1.807) is 6.07 Å². The zero-order chi connectivity index (χ0) is 19.4. The maximum absolute atomic E-state index is 13.8. The van der Waals surface area contributed by atoms with Gasteiger partial charge < -0.3 is 5.11 Å². The smallest absolute Gasteiger partial charge is 0.123 e. The zero-order valence-electron chi connectivity index (χ0n) is 16.1. The van der Waals surface area contributed by atoms with Crippen LogP contribution in [0.2, 0.25) is 0 Å². The van der Waals surface area contributed by atoms with Crippen molar-refractivity contribution in [2.24, 2.45) is 0 Å². The largest absolute Gasteiger partial charge is 0.395 e. The van der Waals surface area contributed by atoms with Gasteiger partial charge in [0.1, 0.15) is 5.82 Å². The number of hydrogen-bond donors (Lipinski definition) is 1. The minimum Gasteiger partial charge on any atom is -0.395 e. The summed E-state index contributed by atoms with van der Waals surface area (Å²) in [6.07, 6.45) is 2.00. The normalized spacial score (nSPS) is 11.5. The molecule has 0 saturated heterocycles. The third-order valence-corrected chi connectivity index (χ3v) is 4.65. The van der Waals surface area contributed by atoms with Crippen LogP contribution in [0, 0.1) is 12.7 Å². The van der Waals surface area contributed by atoms with Crippen LogP contribution in [0.3, 0.4) is 0 Å². The first-order valence-electron chi connectivity index (χ1n) is 9.24. The lowest BCUT2D eigenvalue weighted by Gasteiger charge is -2.25. The van der Waals surface area contributed by atoms with Crippen LogP contribution in [0.25, 0.3) is 16.9 Å². The van der Waals surface area contributed by atoms with E-state index in [1.807, 2.05) is 42.1 Å². The van der Waals surface area contributed by atoms with Gasteiger partial charge in [0.15, 0.2) is 0 Å². The molecule has 5 heteroatoms. The molecule has 0 atom stereocenters. The van der Waals surface area contributed by atoms with Gasteiger partial charge in [-0.15, -0.1) is 0 Å². The average molecular weight is 367 g/mol. The molecule has 3 rings (SSSR count). The van der Waals surface area contributed by atoms with E-state index in [0.717, 1.165) is 28.1 Å². The predicted molar refractivity (Wildman–Crippen MR) is 106 cm³/mol. The average Bonchev–Trinajstić information content (AvgIpc) is 3.05. The van der Waals surface area contributed by atoms with E-state index in [2.05, 4.69) is 24.8 Å². The Morgan fingerprint density at radius 2 is 1.93 bits per heavy atom. The van der Waals surface area contributed by atoms with Crippen molar-refractivity contribution in [2.75, 3.05) is 13.2 Å². The summed E-state index contributed by atoms with van der Waals surface area (Å²) in [5, 5.41) is 14.2. The Labute approximate surface area is 159 Å². The monoisotopic (exact) mass is 367 g/mol. The van der Waals surface area contributed by atoms with Crippen molar-refractivity contribution < 1.29 is 9.50 Å². The molecule has 27 heavy (non-hydrogen) atoms. The molecule has 0 amide bonds. The molecular weight excluding hydrogens is 341 g/mol. The van der Waals surface area contributed by atoms with E-state index < -0.39 is 0 Å². The van der Waals surface area contributed by atoms with Crippen LogP contribution >= 0.6 is 0 Å². The summed E-state index contributed by atoms with van der Waals surface area (Å²) in [6, 6.07) is 14.9. The van der Waals surface area contributed by atoms with E-state index in [4.69, 9.17) is 5.10 Å². The first kappa shape index (κ1) is 19.3. The second-order valence-corrected chi connectivity index (χ2v) is 7.08. The molecule has 4 nitrogen and oxygen atoms in total. The highest BCUT2D eigenvalue weighted by Gasteiger charge is 2.17. The van der Waals surface area contributed by atoms with Gasteiger partial charge in [-0.05, 0) is 50.6 Å². The summed E-state index contributed by atoms with van der Waals surface area (Å²) in [7, 11) is 0. The number of benzene rings is 2. The molecular formula is C22H26FN3O. The lowest BCUT2D eigenvalue weighted by atomic mass is 10.1. The third-order valence-electron chi connectivity index (χ3n) is 4.65. The van der Waals surface area contributed by atoms with Gasteiger partial charge in [0.2, 0.25) is 0 Å².